The third kappa shape index (κ3) is 4.15. The molecule has 0 aromatic carbocycles. The number of carbonyl (C=O) groups is 3. The van der Waals surface area contributed by atoms with Gasteiger partial charge in [-0.25, -0.2) is 9.59 Å². The van der Waals surface area contributed by atoms with Crippen molar-refractivity contribution in [2.75, 3.05) is 0 Å². The maximum atomic E-state index is 12.9. The highest BCUT2D eigenvalue weighted by Crippen LogP contribution is 2.41. The second kappa shape index (κ2) is 7.78. The average molecular weight is 404 g/mol. The first-order valence-corrected chi connectivity index (χ1v) is 9.84. The van der Waals surface area contributed by atoms with Crippen molar-refractivity contribution in [2.24, 2.45) is 5.92 Å². The Kier molecular flexibility index (Phi) is 5.72. The van der Waals surface area contributed by atoms with E-state index in [0.717, 1.165) is 24.0 Å². The van der Waals surface area contributed by atoms with Gasteiger partial charge in [-0.1, -0.05) is 18.2 Å². The second-order valence-electron chi connectivity index (χ2n) is 8.19. The molecule has 2 fully saturated rings. The Morgan fingerprint density at radius 1 is 1.28 bits per heavy atom. The molecule has 1 aliphatic carbocycles. The molecule has 3 aliphatic rings. The standard InChI is InChI=1S/C22H28O7/c1-11-8-7-9-12(2)18(26-15(5)23)19(28-21(25)22(6)14(4)29-22)17-13(3)20(24)27-16(17)10-11/h9-10,14,16-19H,3,7-8H2,1-2,4-6H3. The fraction of sp³-hybridized carbons (Fsp3) is 0.591. The summed E-state index contributed by atoms with van der Waals surface area (Å²) >= 11 is 0. The number of carbonyl (C=O) groups excluding carboxylic acids is 3. The molecule has 7 heteroatoms. The zero-order valence-corrected chi connectivity index (χ0v) is 17.5. The van der Waals surface area contributed by atoms with Crippen LogP contribution in [0.1, 0.15) is 47.5 Å². The smallest absolute Gasteiger partial charge is 0.341 e. The summed E-state index contributed by atoms with van der Waals surface area (Å²) in [5.74, 6) is -2.30. The van der Waals surface area contributed by atoms with Gasteiger partial charge < -0.3 is 18.9 Å². The average Bonchev–Trinajstić information content (AvgIpc) is 3.15. The van der Waals surface area contributed by atoms with E-state index in [0.29, 0.717) is 0 Å². The van der Waals surface area contributed by atoms with Gasteiger partial charge in [0.2, 0.25) is 0 Å². The molecule has 0 aromatic heterocycles. The summed E-state index contributed by atoms with van der Waals surface area (Å²) in [6.45, 7) is 12.4. The summed E-state index contributed by atoms with van der Waals surface area (Å²) < 4.78 is 22.3. The van der Waals surface area contributed by atoms with E-state index in [9.17, 15) is 14.4 Å². The van der Waals surface area contributed by atoms with Crippen LogP contribution in [0.25, 0.3) is 0 Å². The monoisotopic (exact) mass is 404 g/mol. The van der Waals surface area contributed by atoms with Gasteiger partial charge in [0.15, 0.2) is 17.8 Å². The van der Waals surface area contributed by atoms with Gasteiger partial charge in [-0.05, 0) is 52.2 Å². The van der Waals surface area contributed by atoms with Crippen molar-refractivity contribution in [3.8, 4) is 0 Å². The van der Waals surface area contributed by atoms with Gasteiger partial charge in [-0.3, -0.25) is 4.79 Å². The summed E-state index contributed by atoms with van der Waals surface area (Å²) in [5, 5.41) is 0. The second-order valence-corrected chi connectivity index (χ2v) is 8.19. The highest BCUT2D eigenvalue weighted by Gasteiger charge is 2.59. The van der Waals surface area contributed by atoms with Gasteiger partial charge >= 0.3 is 17.9 Å². The molecule has 6 atom stereocenters. The van der Waals surface area contributed by atoms with Crippen LogP contribution in [0.15, 0.2) is 35.5 Å². The molecule has 2 heterocycles. The number of rotatable bonds is 3. The minimum Gasteiger partial charge on any atom is -0.455 e. The molecular weight excluding hydrogens is 376 g/mol. The maximum absolute atomic E-state index is 12.9. The zero-order valence-electron chi connectivity index (χ0n) is 17.5. The Morgan fingerprint density at radius 2 is 1.93 bits per heavy atom. The Labute approximate surface area is 170 Å². The summed E-state index contributed by atoms with van der Waals surface area (Å²) in [7, 11) is 0. The number of ether oxygens (including phenoxy) is 4. The van der Waals surface area contributed by atoms with E-state index in [1.165, 1.54) is 6.92 Å². The quantitative estimate of drug-likeness (QED) is 0.235. The van der Waals surface area contributed by atoms with E-state index in [4.69, 9.17) is 18.9 Å². The fourth-order valence-electron chi connectivity index (χ4n) is 3.85. The van der Waals surface area contributed by atoms with Crippen molar-refractivity contribution < 1.29 is 33.3 Å². The largest absolute Gasteiger partial charge is 0.455 e. The van der Waals surface area contributed by atoms with Gasteiger partial charge in [-0.15, -0.1) is 0 Å². The topological polar surface area (TPSA) is 91.4 Å². The van der Waals surface area contributed by atoms with E-state index >= 15 is 0 Å². The SMILES string of the molecule is C=C1C(=O)OC2C=C(C)CCC=C(C)C(OC(C)=O)C(OC(=O)C3(C)OC3C)C12. The minimum atomic E-state index is -1.06. The normalized spacial score (nSPS) is 36.9. The molecule has 0 saturated carbocycles. The molecular formula is C22H28O7. The number of esters is 3. The van der Waals surface area contributed by atoms with Crippen molar-refractivity contribution in [1.82, 2.24) is 0 Å². The van der Waals surface area contributed by atoms with Crippen LogP contribution in [0.4, 0.5) is 0 Å². The summed E-state index contributed by atoms with van der Waals surface area (Å²) in [5.41, 5.74) is 0.930. The predicted octanol–water partition coefficient (Wildman–Crippen LogP) is 2.79. The van der Waals surface area contributed by atoms with E-state index < -0.39 is 47.7 Å². The van der Waals surface area contributed by atoms with Crippen LogP contribution in [0.3, 0.4) is 0 Å². The van der Waals surface area contributed by atoms with Crippen LogP contribution in [0.2, 0.25) is 0 Å². The third-order valence-electron chi connectivity index (χ3n) is 5.90. The lowest BCUT2D eigenvalue weighted by Gasteiger charge is -2.33. The molecule has 6 unspecified atom stereocenters. The first-order chi connectivity index (χ1) is 13.5. The third-order valence-corrected chi connectivity index (χ3v) is 5.90. The zero-order chi connectivity index (χ0) is 21.5. The van der Waals surface area contributed by atoms with Gasteiger partial charge in [0.25, 0.3) is 0 Å². The van der Waals surface area contributed by atoms with Crippen LogP contribution in [0.5, 0.6) is 0 Å². The predicted molar refractivity (Wildman–Crippen MR) is 104 cm³/mol. The molecule has 0 spiro atoms. The highest BCUT2D eigenvalue weighted by molar-refractivity contribution is 5.91. The molecule has 158 valence electrons. The number of hydrogen-bond donors (Lipinski definition) is 0. The number of fused-ring (bicyclic) bond motifs is 1. The van der Waals surface area contributed by atoms with Crippen LogP contribution >= 0.6 is 0 Å². The molecule has 0 aromatic rings. The highest BCUT2D eigenvalue weighted by atomic mass is 16.7. The van der Waals surface area contributed by atoms with Crippen molar-refractivity contribution in [3.05, 3.63) is 35.5 Å². The first kappa shape index (κ1) is 21.3. The van der Waals surface area contributed by atoms with Crippen LogP contribution in [-0.2, 0) is 33.3 Å². The van der Waals surface area contributed by atoms with Crippen molar-refractivity contribution >= 4 is 17.9 Å². The minimum absolute atomic E-state index is 0.192. The number of allylic oxidation sites excluding steroid dienone is 2. The summed E-state index contributed by atoms with van der Waals surface area (Å²) in [6.07, 6.45) is 2.55. The van der Waals surface area contributed by atoms with E-state index in [1.54, 1.807) is 13.8 Å². The lowest BCUT2D eigenvalue weighted by atomic mass is 9.83. The maximum Gasteiger partial charge on any atom is 0.341 e. The Morgan fingerprint density at radius 3 is 2.52 bits per heavy atom. The molecule has 0 radical (unpaired) electrons. The van der Waals surface area contributed by atoms with Crippen molar-refractivity contribution in [1.29, 1.82) is 0 Å². The lowest BCUT2D eigenvalue weighted by molar-refractivity contribution is -0.172. The van der Waals surface area contributed by atoms with E-state index in [1.807, 2.05) is 26.0 Å². The van der Waals surface area contributed by atoms with Crippen LogP contribution in [-0.4, -0.2) is 47.9 Å². The van der Waals surface area contributed by atoms with E-state index in [-0.39, 0.29) is 11.7 Å². The molecule has 2 aliphatic heterocycles. The molecule has 0 amide bonds. The fourth-order valence-corrected chi connectivity index (χ4v) is 3.85. The molecule has 3 rings (SSSR count). The van der Waals surface area contributed by atoms with Gasteiger partial charge in [-0.2, -0.15) is 0 Å². The van der Waals surface area contributed by atoms with Gasteiger partial charge in [0.05, 0.1) is 12.0 Å². The van der Waals surface area contributed by atoms with Gasteiger partial charge in [0, 0.05) is 12.5 Å². The Balaban J connectivity index is 2.05. The van der Waals surface area contributed by atoms with Crippen molar-refractivity contribution in [2.45, 2.75) is 77.5 Å². The molecule has 7 nitrogen and oxygen atoms in total. The van der Waals surface area contributed by atoms with E-state index in [2.05, 4.69) is 6.58 Å². The molecule has 29 heavy (non-hydrogen) atoms. The Bertz CT molecular complexity index is 808. The van der Waals surface area contributed by atoms with Gasteiger partial charge in [0.1, 0.15) is 6.10 Å². The number of epoxide rings is 1. The molecule has 2 saturated heterocycles. The summed E-state index contributed by atoms with van der Waals surface area (Å²) in [6, 6.07) is 0. The van der Waals surface area contributed by atoms with Crippen LogP contribution < -0.4 is 0 Å². The lowest BCUT2D eigenvalue weighted by Crippen LogP contribution is -2.46. The van der Waals surface area contributed by atoms with Crippen LogP contribution in [0, 0.1) is 5.92 Å². The first-order valence-electron chi connectivity index (χ1n) is 9.84. The van der Waals surface area contributed by atoms with Crippen molar-refractivity contribution in [3.63, 3.8) is 0 Å². The number of hydrogen-bond acceptors (Lipinski definition) is 7. The molecule has 0 bridgehead atoms. The molecule has 0 N–H and O–H groups in total. The summed E-state index contributed by atoms with van der Waals surface area (Å²) in [4.78, 5) is 37.0. The Hall–Kier alpha value is -2.41.